The fraction of sp³-hybridized carbons (Fsp3) is 0.556. The van der Waals surface area contributed by atoms with Crippen LogP contribution in [-0.4, -0.2) is 69.0 Å². The second kappa shape index (κ2) is 8.67. The van der Waals surface area contributed by atoms with Crippen LogP contribution in [0.2, 0.25) is 5.02 Å². The van der Waals surface area contributed by atoms with E-state index in [1.165, 1.54) is 29.6 Å². The molecule has 0 aromatic heterocycles. The van der Waals surface area contributed by atoms with Crippen molar-refractivity contribution in [3.63, 3.8) is 0 Å². The maximum absolute atomic E-state index is 12.7. The van der Waals surface area contributed by atoms with Gasteiger partial charge in [-0.1, -0.05) is 11.6 Å². The lowest BCUT2D eigenvalue weighted by Gasteiger charge is -2.31. The van der Waals surface area contributed by atoms with Crippen molar-refractivity contribution in [3.05, 3.63) is 28.8 Å². The van der Waals surface area contributed by atoms with Crippen LogP contribution in [0.5, 0.6) is 0 Å². The van der Waals surface area contributed by atoms with E-state index in [-0.39, 0.29) is 27.6 Å². The largest absolute Gasteiger partial charge is 0.453 e. The normalized spacial score (nSPS) is 18.9. The molecule has 1 aromatic rings. The SMILES string of the molecule is COC(=O)N1CCC(NC(=O)c2cc(S(=O)(=O)N3CCCC3)ccc2Cl)CC1. The maximum atomic E-state index is 12.7. The number of hydrogen-bond acceptors (Lipinski definition) is 5. The minimum Gasteiger partial charge on any atom is -0.453 e. The molecule has 28 heavy (non-hydrogen) atoms. The van der Waals surface area contributed by atoms with E-state index in [1.54, 1.807) is 4.90 Å². The van der Waals surface area contributed by atoms with Gasteiger partial charge in [0.15, 0.2) is 0 Å². The molecule has 0 aliphatic carbocycles. The van der Waals surface area contributed by atoms with Gasteiger partial charge in [0.2, 0.25) is 10.0 Å². The molecule has 0 radical (unpaired) electrons. The summed E-state index contributed by atoms with van der Waals surface area (Å²) in [5, 5.41) is 3.09. The second-order valence-electron chi connectivity index (χ2n) is 6.96. The molecular weight excluding hydrogens is 406 g/mol. The van der Waals surface area contributed by atoms with Gasteiger partial charge < -0.3 is 15.0 Å². The average Bonchev–Trinajstić information content (AvgIpc) is 3.24. The van der Waals surface area contributed by atoms with Gasteiger partial charge in [0.25, 0.3) is 5.91 Å². The highest BCUT2D eigenvalue weighted by Crippen LogP contribution is 2.25. The summed E-state index contributed by atoms with van der Waals surface area (Å²) in [6, 6.07) is 4.10. The summed E-state index contributed by atoms with van der Waals surface area (Å²) in [6.45, 7) is 1.94. The first kappa shape index (κ1) is 20.9. The van der Waals surface area contributed by atoms with E-state index in [9.17, 15) is 18.0 Å². The second-order valence-corrected chi connectivity index (χ2v) is 9.30. The number of ether oxygens (including phenoxy) is 1. The van der Waals surface area contributed by atoms with Crippen molar-refractivity contribution in [2.24, 2.45) is 0 Å². The minimum absolute atomic E-state index is 0.0736. The first-order chi connectivity index (χ1) is 13.3. The summed E-state index contributed by atoms with van der Waals surface area (Å²) < 4.78 is 31.6. The number of amides is 2. The molecule has 0 unspecified atom stereocenters. The molecule has 2 aliphatic rings. The Morgan fingerprint density at radius 2 is 1.79 bits per heavy atom. The van der Waals surface area contributed by atoms with Gasteiger partial charge >= 0.3 is 6.09 Å². The van der Waals surface area contributed by atoms with Crippen molar-refractivity contribution < 1.29 is 22.7 Å². The van der Waals surface area contributed by atoms with Gasteiger partial charge in [-0.05, 0) is 43.9 Å². The quantitative estimate of drug-likeness (QED) is 0.790. The van der Waals surface area contributed by atoms with Crippen LogP contribution >= 0.6 is 11.6 Å². The summed E-state index contributed by atoms with van der Waals surface area (Å²) in [4.78, 5) is 25.9. The van der Waals surface area contributed by atoms with Gasteiger partial charge in [0, 0.05) is 32.2 Å². The number of carbonyl (C=O) groups is 2. The number of rotatable bonds is 4. The van der Waals surface area contributed by atoms with Gasteiger partial charge in [-0.15, -0.1) is 0 Å². The van der Waals surface area contributed by atoms with E-state index < -0.39 is 15.9 Å². The molecule has 0 spiro atoms. The highest BCUT2D eigenvalue weighted by Gasteiger charge is 2.29. The Hall–Kier alpha value is -1.84. The van der Waals surface area contributed by atoms with E-state index >= 15 is 0 Å². The van der Waals surface area contributed by atoms with Crippen molar-refractivity contribution in [1.29, 1.82) is 0 Å². The van der Waals surface area contributed by atoms with Gasteiger partial charge in [-0.3, -0.25) is 4.79 Å². The number of sulfonamides is 1. The van der Waals surface area contributed by atoms with E-state index in [4.69, 9.17) is 16.3 Å². The maximum Gasteiger partial charge on any atom is 0.409 e. The molecule has 3 rings (SSSR count). The van der Waals surface area contributed by atoms with Gasteiger partial charge in [0.1, 0.15) is 0 Å². The first-order valence-electron chi connectivity index (χ1n) is 9.26. The van der Waals surface area contributed by atoms with E-state index in [1.807, 2.05) is 0 Å². The van der Waals surface area contributed by atoms with Crippen LogP contribution in [0.25, 0.3) is 0 Å². The Labute approximate surface area is 169 Å². The topological polar surface area (TPSA) is 96.0 Å². The molecule has 0 saturated carbocycles. The van der Waals surface area contributed by atoms with Crippen molar-refractivity contribution in [2.45, 2.75) is 36.6 Å². The zero-order chi connectivity index (χ0) is 20.3. The summed E-state index contributed by atoms with van der Waals surface area (Å²) >= 11 is 6.16. The Balaban J connectivity index is 1.69. The predicted octanol–water partition coefficient (Wildman–Crippen LogP) is 2.09. The first-order valence-corrected chi connectivity index (χ1v) is 11.1. The third-order valence-corrected chi connectivity index (χ3v) is 7.37. The van der Waals surface area contributed by atoms with E-state index in [2.05, 4.69) is 5.32 Å². The molecular formula is C18H24ClN3O5S. The van der Waals surface area contributed by atoms with Crippen molar-refractivity contribution in [3.8, 4) is 0 Å². The molecule has 2 fully saturated rings. The number of piperidine rings is 1. The molecule has 2 aliphatic heterocycles. The number of hydrogen-bond donors (Lipinski definition) is 1. The number of likely N-dealkylation sites (tertiary alicyclic amines) is 1. The zero-order valence-corrected chi connectivity index (χ0v) is 17.3. The van der Waals surface area contributed by atoms with Crippen LogP contribution in [0.1, 0.15) is 36.0 Å². The molecule has 0 atom stereocenters. The van der Waals surface area contributed by atoms with Crippen LogP contribution in [0.15, 0.2) is 23.1 Å². The van der Waals surface area contributed by atoms with Crippen molar-refractivity contribution >= 4 is 33.6 Å². The van der Waals surface area contributed by atoms with Gasteiger partial charge in [-0.25, -0.2) is 13.2 Å². The van der Waals surface area contributed by atoms with Crippen molar-refractivity contribution in [2.75, 3.05) is 33.3 Å². The molecule has 2 heterocycles. The van der Waals surface area contributed by atoms with Crippen LogP contribution in [0.3, 0.4) is 0 Å². The lowest BCUT2D eigenvalue weighted by atomic mass is 10.0. The van der Waals surface area contributed by atoms with Crippen LogP contribution in [0, 0.1) is 0 Å². The Morgan fingerprint density at radius 1 is 1.14 bits per heavy atom. The number of benzene rings is 1. The van der Waals surface area contributed by atoms with Crippen LogP contribution in [-0.2, 0) is 14.8 Å². The minimum atomic E-state index is -3.63. The number of nitrogens with zero attached hydrogens (tertiary/aromatic N) is 2. The monoisotopic (exact) mass is 429 g/mol. The molecule has 8 nitrogen and oxygen atoms in total. The number of carbonyl (C=O) groups excluding carboxylic acids is 2. The standard InChI is InChI=1S/C18H24ClN3O5S/c1-27-18(24)21-10-6-13(7-11-21)20-17(23)15-12-14(4-5-16(15)19)28(25,26)22-8-2-3-9-22/h4-5,12-13H,2-3,6-11H2,1H3,(H,20,23). The van der Waals surface area contributed by atoms with Crippen molar-refractivity contribution in [1.82, 2.24) is 14.5 Å². The summed E-state index contributed by atoms with van der Waals surface area (Å²) in [5.74, 6) is -0.417. The molecule has 1 aromatic carbocycles. The molecule has 10 heteroatoms. The Morgan fingerprint density at radius 3 is 2.39 bits per heavy atom. The highest BCUT2D eigenvalue weighted by molar-refractivity contribution is 7.89. The molecule has 2 saturated heterocycles. The lowest BCUT2D eigenvalue weighted by Crippen LogP contribution is -2.46. The molecule has 2 amide bonds. The van der Waals surface area contributed by atoms with E-state index in [0.717, 1.165) is 12.8 Å². The number of methoxy groups -OCH3 is 1. The third kappa shape index (κ3) is 4.42. The fourth-order valence-electron chi connectivity index (χ4n) is 3.52. The smallest absolute Gasteiger partial charge is 0.409 e. The summed E-state index contributed by atoms with van der Waals surface area (Å²) in [6.07, 6.45) is 2.47. The lowest BCUT2D eigenvalue weighted by molar-refractivity contribution is 0.0892. The molecule has 154 valence electrons. The van der Waals surface area contributed by atoms with E-state index in [0.29, 0.717) is 39.0 Å². The fourth-order valence-corrected chi connectivity index (χ4v) is 5.26. The number of halogens is 1. The highest BCUT2D eigenvalue weighted by atomic mass is 35.5. The molecule has 1 N–H and O–H groups in total. The molecule has 0 bridgehead atoms. The predicted molar refractivity (Wildman–Crippen MR) is 104 cm³/mol. The van der Waals surface area contributed by atoms with Crippen LogP contribution < -0.4 is 5.32 Å². The average molecular weight is 430 g/mol. The zero-order valence-electron chi connectivity index (χ0n) is 15.7. The third-order valence-electron chi connectivity index (χ3n) is 5.15. The summed E-state index contributed by atoms with van der Waals surface area (Å²) in [5.41, 5.74) is 0.136. The Kier molecular flexibility index (Phi) is 6.47. The summed E-state index contributed by atoms with van der Waals surface area (Å²) in [7, 11) is -2.29. The Bertz CT molecular complexity index is 847. The van der Waals surface area contributed by atoms with Crippen LogP contribution in [0.4, 0.5) is 4.79 Å². The van der Waals surface area contributed by atoms with Gasteiger partial charge in [-0.2, -0.15) is 4.31 Å². The number of nitrogens with one attached hydrogen (secondary N) is 1. The van der Waals surface area contributed by atoms with Gasteiger partial charge in [0.05, 0.1) is 22.6 Å².